The van der Waals surface area contributed by atoms with Crippen molar-refractivity contribution in [2.24, 2.45) is 0 Å². The van der Waals surface area contributed by atoms with Gasteiger partial charge in [-0.05, 0) is 58.2 Å². The van der Waals surface area contributed by atoms with Crippen LogP contribution in [-0.4, -0.2) is 8.42 Å². The Morgan fingerprint density at radius 3 is 2.57 bits per heavy atom. The number of nitrogens with two attached hydrogens (primary N) is 1. The Hall–Kier alpha value is -1.60. The fourth-order valence-electron chi connectivity index (χ4n) is 1.88. The maximum absolute atomic E-state index is 13.5. The number of halogens is 2. The summed E-state index contributed by atoms with van der Waals surface area (Å²) in [6.07, 6.45) is 0.547. The van der Waals surface area contributed by atoms with Gasteiger partial charge in [0, 0.05) is 5.69 Å². The van der Waals surface area contributed by atoms with Gasteiger partial charge in [0.1, 0.15) is 5.82 Å². The van der Waals surface area contributed by atoms with Gasteiger partial charge in [-0.25, -0.2) is 12.8 Å². The first kappa shape index (κ1) is 15.8. The summed E-state index contributed by atoms with van der Waals surface area (Å²) in [6, 6.07) is 8.75. The lowest BCUT2D eigenvalue weighted by Crippen LogP contribution is -2.15. The van der Waals surface area contributed by atoms with Gasteiger partial charge in [0.05, 0.1) is 15.1 Å². The second-order valence-electron chi connectivity index (χ2n) is 4.46. The van der Waals surface area contributed by atoms with E-state index in [-0.39, 0.29) is 15.1 Å². The molecule has 2 rings (SSSR count). The zero-order valence-electron chi connectivity index (χ0n) is 11.2. The maximum Gasteiger partial charge on any atom is 0.262 e. The maximum atomic E-state index is 13.5. The second-order valence-corrected chi connectivity index (χ2v) is 6.96. The largest absolute Gasteiger partial charge is 0.399 e. The van der Waals surface area contributed by atoms with Crippen molar-refractivity contribution in [2.75, 3.05) is 10.5 Å². The van der Waals surface area contributed by atoms with E-state index in [0.717, 1.165) is 6.07 Å². The van der Waals surface area contributed by atoms with Crippen molar-refractivity contribution in [1.29, 1.82) is 0 Å². The SMILES string of the molecule is CCc1ccc(N)cc1S(=O)(=O)Nc1ccc(Br)c(F)c1. The first-order valence-electron chi connectivity index (χ1n) is 6.19. The van der Waals surface area contributed by atoms with Crippen LogP contribution in [0, 0.1) is 5.82 Å². The first-order chi connectivity index (χ1) is 9.83. The van der Waals surface area contributed by atoms with Crippen LogP contribution < -0.4 is 10.5 Å². The Kier molecular flexibility index (Phi) is 4.53. The van der Waals surface area contributed by atoms with Crippen LogP contribution in [0.25, 0.3) is 0 Å². The number of nitrogen functional groups attached to an aromatic ring is 1. The zero-order valence-corrected chi connectivity index (χ0v) is 13.6. The average molecular weight is 373 g/mol. The summed E-state index contributed by atoms with van der Waals surface area (Å²) in [5, 5.41) is 0. The van der Waals surface area contributed by atoms with E-state index in [4.69, 9.17) is 5.73 Å². The van der Waals surface area contributed by atoms with Gasteiger partial charge in [0.25, 0.3) is 10.0 Å². The van der Waals surface area contributed by atoms with Crippen molar-refractivity contribution in [2.45, 2.75) is 18.2 Å². The number of hydrogen-bond acceptors (Lipinski definition) is 3. The van der Waals surface area contributed by atoms with Gasteiger partial charge in [-0.3, -0.25) is 4.72 Å². The van der Waals surface area contributed by atoms with E-state index in [1.54, 1.807) is 12.1 Å². The van der Waals surface area contributed by atoms with Crippen molar-refractivity contribution in [3.63, 3.8) is 0 Å². The molecule has 0 aromatic heterocycles. The lowest BCUT2D eigenvalue weighted by atomic mass is 10.1. The van der Waals surface area contributed by atoms with E-state index in [2.05, 4.69) is 20.7 Å². The third-order valence-corrected chi connectivity index (χ3v) is 5.04. The highest BCUT2D eigenvalue weighted by atomic mass is 79.9. The minimum absolute atomic E-state index is 0.105. The molecule has 7 heteroatoms. The third kappa shape index (κ3) is 3.54. The van der Waals surface area contributed by atoms with Gasteiger partial charge in [-0.15, -0.1) is 0 Å². The average Bonchev–Trinajstić information content (AvgIpc) is 2.42. The molecular formula is C14H14BrFN2O2S. The van der Waals surface area contributed by atoms with Crippen LogP contribution in [0.2, 0.25) is 0 Å². The number of nitrogens with one attached hydrogen (secondary N) is 1. The zero-order chi connectivity index (χ0) is 15.6. The van der Waals surface area contributed by atoms with Crippen LogP contribution in [0.1, 0.15) is 12.5 Å². The molecule has 0 aliphatic carbocycles. The summed E-state index contributed by atoms with van der Waals surface area (Å²) < 4.78 is 41.0. The van der Waals surface area contributed by atoms with Crippen molar-refractivity contribution in [3.8, 4) is 0 Å². The Balaban J connectivity index is 2.42. The van der Waals surface area contributed by atoms with Crippen molar-refractivity contribution in [1.82, 2.24) is 0 Å². The number of aryl methyl sites for hydroxylation is 1. The van der Waals surface area contributed by atoms with E-state index in [1.807, 2.05) is 6.92 Å². The van der Waals surface area contributed by atoms with Gasteiger partial charge in [0.15, 0.2) is 0 Å². The lowest BCUT2D eigenvalue weighted by molar-refractivity contribution is 0.600. The van der Waals surface area contributed by atoms with Crippen LogP contribution in [0.3, 0.4) is 0 Å². The number of hydrogen-bond donors (Lipinski definition) is 2. The minimum atomic E-state index is -3.82. The van der Waals surface area contributed by atoms with Gasteiger partial charge in [-0.1, -0.05) is 13.0 Å². The van der Waals surface area contributed by atoms with Crippen LogP contribution in [0.15, 0.2) is 45.8 Å². The summed E-state index contributed by atoms with van der Waals surface area (Å²) in [5.74, 6) is -0.543. The van der Waals surface area contributed by atoms with Crippen LogP contribution in [-0.2, 0) is 16.4 Å². The molecule has 0 fully saturated rings. The fourth-order valence-corrected chi connectivity index (χ4v) is 3.53. The predicted molar refractivity (Wildman–Crippen MR) is 85.1 cm³/mol. The van der Waals surface area contributed by atoms with E-state index >= 15 is 0 Å². The topological polar surface area (TPSA) is 72.2 Å². The number of anilines is 2. The third-order valence-electron chi connectivity index (χ3n) is 2.93. The fraction of sp³-hybridized carbons (Fsp3) is 0.143. The molecule has 0 aliphatic heterocycles. The predicted octanol–water partition coefficient (Wildman–Crippen LogP) is 3.53. The molecule has 0 unspecified atom stereocenters. The second kappa shape index (κ2) is 6.03. The molecule has 0 amide bonds. The van der Waals surface area contributed by atoms with Crippen molar-refractivity contribution >= 4 is 37.3 Å². The standard InChI is InChI=1S/C14H14BrFN2O2S/c1-2-9-3-4-10(17)7-14(9)21(19,20)18-11-5-6-12(15)13(16)8-11/h3-8,18H,2,17H2,1H3. The summed E-state index contributed by atoms with van der Waals surface area (Å²) in [6.45, 7) is 1.85. The highest BCUT2D eigenvalue weighted by Gasteiger charge is 2.18. The summed E-state index contributed by atoms with van der Waals surface area (Å²) in [4.78, 5) is 0.105. The van der Waals surface area contributed by atoms with Crippen LogP contribution in [0.5, 0.6) is 0 Å². The molecule has 0 spiro atoms. The summed E-state index contributed by atoms with van der Waals surface area (Å²) in [5.41, 5.74) is 6.81. The van der Waals surface area contributed by atoms with Gasteiger partial charge in [-0.2, -0.15) is 0 Å². The van der Waals surface area contributed by atoms with Crippen LogP contribution in [0.4, 0.5) is 15.8 Å². The number of rotatable bonds is 4. The molecule has 0 bridgehead atoms. The smallest absolute Gasteiger partial charge is 0.262 e. The molecule has 21 heavy (non-hydrogen) atoms. The Morgan fingerprint density at radius 2 is 1.95 bits per heavy atom. The van der Waals surface area contributed by atoms with Crippen molar-refractivity contribution < 1.29 is 12.8 Å². The van der Waals surface area contributed by atoms with Crippen molar-refractivity contribution in [3.05, 3.63) is 52.3 Å². The highest BCUT2D eigenvalue weighted by molar-refractivity contribution is 9.10. The summed E-state index contributed by atoms with van der Waals surface area (Å²) in [7, 11) is -3.82. The van der Waals surface area contributed by atoms with Gasteiger partial charge >= 0.3 is 0 Å². The summed E-state index contributed by atoms with van der Waals surface area (Å²) >= 11 is 3.02. The first-order valence-corrected chi connectivity index (χ1v) is 8.47. The van der Waals surface area contributed by atoms with E-state index in [1.165, 1.54) is 18.2 Å². The van der Waals surface area contributed by atoms with Crippen LogP contribution >= 0.6 is 15.9 Å². The monoisotopic (exact) mass is 372 g/mol. The molecular weight excluding hydrogens is 359 g/mol. The molecule has 0 radical (unpaired) electrons. The molecule has 112 valence electrons. The minimum Gasteiger partial charge on any atom is -0.399 e. The molecule has 0 heterocycles. The van der Waals surface area contributed by atoms with E-state index in [0.29, 0.717) is 17.7 Å². The van der Waals surface area contributed by atoms with Gasteiger partial charge < -0.3 is 5.73 Å². The Labute approximate surface area is 131 Å². The molecule has 0 aliphatic rings. The molecule has 2 aromatic rings. The number of benzene rings is 2. The Bertz CT molecular complexity index is 779. The number of sulfonamides is 1. The normalized spacial score (nSPS) is 11.4. The highest BCUT2D eigenvalue weighted by Crippen LogP contribution is 2.25. The molecule has 4 nitrogen and oxygen atoms in total. The molecule has 3 N–H and O–H groups in total. The van der Waals surface area contributed by atoms with E-state index < -0.39 is 15.8 Å². The molecule has 2 aromatic carbocycles. The Morgan fingerprint density at radius 1 is 1.24 bits per heavy atom. The molecule has 0 saturated heterocycles. The molecule has 0 saturated carbocycles. The quantitative estimate of drug-likeness (QED) is 0.806. The van der Waals surface area contributed by atoms with Gasteiger partial charge in [0.2, 0.25) is 0 Å². The molecule has 0 atom stereocenters. The lowest BCUT2D eigenvalue weighted by Gasteiger charge is -2.12. The van der Waals surface area contributed by atoms with E-state index in [9.17, 15) is 12.8 Å².